The maximum atomic E-state index is 10.7. The Hall–Kier alpha value is -1.36. The molecule has 0 aromatic carbocycles. The zero-order chi connectivity index (χ0) is 9.68. The molecule has 0 radical (unpaired) electrons. The zero-order valence-corrected chi connectivity index (χ0v) is 6.93. The molecular weight excluding hydrogens is 176 g/mol. The molecule has 1 unspecified atom stereocenters. The molecule has 1 atom stereocenters. The van der Waals surface area contributed by atoms with Gasteiger partial charge < -0.3 is 14.6 Å². The van der Waals surface area contributed by atoms with E-state index in [4.69, 9.17) is 9.84 Å². The molecule has 1 heterocycles. The van der Waals surface area contributed by atoms with Crippen molar-refractivity contribution in [3.8, 4) is 0 Å². The number of carboxylic acid groups (broad SMARTS) is 1. The van der Waals surface area contributed by atoms with E-state index in [1.165, 1.54) is 0 Å². The van der Waals surface area contributed by atoms with E-state index in [0.29, 0.717) is 6.42 Å². The standard InChI is InChI=1S/C8H10O5/c9-7(10)1-2-8(11)12-4-3-6-5-13-6/h1-2,6H,3-5H2,(H,9,10)/b2-1+. The number of hydrogen-bond acceptors (Lipinski definition) is 4. The monoisotopic (exact) mass is 186 g/mol. The van der Waals surface area contributed by atoms with Gasteiger partial charge in [-0.05, 0) is 0 Å². The molecule has 5 nitrogen and oxygen atoms in total. The van der Waals surface area contributed by atoms with Crippen LogP contribution < -0.4 is 0 Å². The fourth-order valence-electron chi connectivity index (χ4n) is 0.713. The summed E-state index contributed by atoms with van der Waals surface area (Å²) in [5.74, 6) is -1.80. The quantitative estimate of drug-likeness (QED) is 0.370. The Balaban J connectivity index is 2.05. The Kier molecular flexibility index (Phi) is 3.45. The first-order chi connectivity index (χ1) is 6.18. The Bertz CT molecular complexity index is 229. The fourth-order valence-corrected chi connectivity index (χ4v) is 0.713. The number of epoxide rings is 1. The molecule has 5 heteroatoms. The summed E-state index contributed by atoms with van der Waals surface area (Å²) in [6.07, 6.45) is 2.52. The molecule has 0 aliphatic carbocycles. The molecular formula is C8H10O5. The molecule has 72 valence electrons. The molecule has 1 fully saturated rings. The molecule has 0 spiro atoms. The third kappa shape index (κ3) is 4.97. The van der Waals surface area contributed by atoms with Gasteiger partial charge in [-0.15, -0.1) is 0 Å². The highest BCUT2D eigenvalue weighted by Crippen LogP contribution is 2.12. The predicted octanol–water partition coefficient (Wildman–Crippen LogP) is -0.0407. The van der Waals surface area contributed by atoms with Crippen LogP contribution >= 0.6 is 0 Å². The van der Waals surface area contributed by atoms with E-state index >= 15 is 0 Å². The average molecular weight is 186 g/mol. The lowest BCUT2D eigenvalue weighted by molar-refractivity contribution is -0.138. The minimum atomic E-state index is -1.16. The highest BCUT2D eigenvalue weighted by Gasteiger charge is 2.21. The fraction of sp³-hybridized carbons (Fsp3) is 0.500. The number of hydrogen-bond donors (Lipinski definition) is 1. The maximum Gasteiger partial charge on any atom is 0.331 e. The van der Waals surface area contributed by atoms with E-state index in [9.17, 15) is 9.59 Å². The zero-order valence-electron chi connectivity index (χ0n) is 6.93. The van der Waals surface area contributed by atoms with Crippen LogP contribution in [0, 0.1) is 0 Å². The minimum absolute atomic E-state index is 0.219. The molecule has 1 aliphatic heterocycles. The van der Waals surface area contributed by atoms with E-state index in [1.54, 1.807) is 0 Å². The molecule has 1 N–H and O–H groups in total. The van der Waals surface area contributed by atoms with Crippen molar-refractivity contribution in [3.63, 3.8) is 0 Å². The second-order valence-corrected chi connectivity index (χ2v) is 2.58. The van der Waals surface area contributed by atoms with Crippen LogP contribution in [-0.2, 0) is 19.1 Å². The third-order valence-electron chi connectivity index (χ3n) is 1.45. The van der Waals surface area contributed by atoms with Crippen LogP contribution in [0.1, 0.15) is 6.42 Å². The Morgan fingerprint density at radius 3 is 2.77 bits per heavy atom. The smallest absolute Gasteiger partial charge is 0.331 e. The van der Waals surface area contributed by atoms with Crippen molar-refractivity contribution in [2.45, 2.75) is 12.5 Å². The largest absolute Gasteiger partial charge is 0.478 e. The predicted molar refractivity (Wildman–Crippen MR) is 42.1 cm³/mol. The third-order valence-corrected chi connectivity index (χ3v) is 1.45. The summed E-state index contributed by atoms with van der Waals surface area (Å²) >= 11 is 0. The van der Waals surface area contributed by atoms with Gasteiger partial charge in [0.15, 0.2) is 0 Å². The van der Waals surface area contributed by atoms with E-state index in [1.807, 2.05) is 0 Å². The van der Waals surface area contributed by atoms with Gasteiger partial charge in [-0.2, -0.15) is 0 Å². The number of carbonyl (C=O) groups is 2. The normalized spacial score (nSPS) is 20.2. The highest BCUT2D eigenvalue weighted by molar-refractivity contribution is 5.90. The molecule has 1 rings (SSSR count). The molecule has 1 aliphatic rings. The highest BCUT2D eigenvalue weighted by atomic mass is 16.6. The molecule has 13 heavy (non-hydrogen) atoms. The van der Waals surface area contributed by atoms with Gasteiger partial charge in [-0.1, -0.05) is 0 Å². The van der Waals surface area contributed by atoms with Crippen LogP contribution in [0.25, 0.3) is 0 Å². The van der Waals surface area contributed by atoms with E-state index in [2.05, 4.69) is 4.74 Å². The van der Waals surface area contributed by atoms with Crippen LogP contribution in [-0.4, -0.2) is 36.4 Å². The Morgan fingerprint density at radius 1 is 1.54 bits per heavy atom. The Morgan fingerprint density at radius 2 is 2.23 bits per heavy atom. The van der Waals surface area contributed by atoms with Crippen molar-refractivity contribution < 1.29 is 24.2 Å². The van der Waals surface area contributed by atoms with Crippen molar-refractivity contribution in [1.29, 1.82) is 0 Å². The van der Waals surface area contributed by atoms with Crippen molar-refractivity contribution in [2.24, 2.45) is 0 Å². The topological polar surface area (TPSA) is 76.1 Å². The lowest BCUT2D eigenvalue weighted by atomic mass is 10.3. The van der Waals surface area contributed by atoms with Crippen molar-refractivity contribution in [3.05, 3.63) is 12.2 Å². The number of ether oxygens (including phenoxy) is 2. The summed E-state index contributed by atoms with van der Waals surface area (Å²) in [6, 6.07) is 0. The summed E-state index contributed by atoms with van der Waals surface area (Å²) in [6.45, 7) is 0.996. The van der Waals surface area contributed by atoms with Gasteiger partial charge in [0.05, 0.1) is 19.3 Å². The maximum absolute atomic E-state index is 10.7. The Labute approximate surface area is 74.9 Å². The minimum Gasteiger partial charge on any atom is -0.478 e. The van der Waals surface area contributed by atoms with Gasteiger partial charge in [0.25, 0.3) is 0 Å². The van der Waals surface area contributed by atoms with E-state index in [0.717, 1.165) is 18.8 Å². The van der Waals surface area contributed by atoms with Gasteiger partial charge in [0.1, 0.15) is 0 Å². The number of rotatable bonds is 5. The van der Waals surface area contributed by atoms with Crippen molar-refractivity contribution >= 4 is 11.9 Å². The lowest BCUT2D eigenvalue weighted by Gasteiger charge is -1.97. The summed E-state index contributed by atoms with van der Waals surface area (Å²) < 4.78 is 9.56. The SMILES string of the molecule is O=C(O)/C=C/C(=O)OCCC1CO1. The number of aliphatic carboxylic acids is 1. The first-order valence-corrected chi connectivity index (χ1v) is 3.88. The van der Waals surface area contributed by atoms with Crippen LogP contribution in [0.5, 0.6) is 0 Å². The van der Waals surface area contributed by atoms with Gasteiger partial charge in [0.2, 0.25) is 0 Å². The second kappa shape index (κ2) is 4.61. The van der Waals surface area contributed by atoms with E-state index in [-0.39, 0.29) is 12.7 Å². The number of esters is 1. The van der Waals surface area contributed by atoms with Crippen molar-refractivity contribution in [1.82, 2.24) is 0 Å². The summed E-state index contributed by atoms with van der Waals surface area (Å²) in [5.41, 5.74) is 0. The number of carbonyl (C=O) groups excluding carboxylic acids is 1. The first-order valence-electron chi connectivity index (χ1n) is 3.88. The van der Waals surface area contributed by atoms with Crippen LogP contribution in [0.4, 0.5) is 0 Å². The summed E-state index contributed by atoms with van der Waals surface area (Å²) in [7, 11) is 0. The molecule has 0 saturated carbocycles. The first kappa shape index (κ1) is 9.73. The summed E-state index contributed by atoms with van der Waals surface area (Å²) in [5, 5.41) is 8.17. The lowest BCUT2D eigenvalue weighted by Crippen LogP contribution is -2.05. The van der Waals surface area contributed by atoms with Crippen LogP contribution in [0.3, 0.4) is 0 Å². The van der Waals surface area contributed by atoms with Crippen LogP contribution in [0.2, 0.25) is 0 Å². The molecule has 1 saturated heterocycles. The molecule has 0 amide bonds. The van der Waals surface area contributed by atoms with Gasteiger partial charge in [-0.25, -0.2) is 9.59 Å². The molecule has 0 aromatic rings. The molecule has 0 bridgehead atoms. The molecule has 0 aromatic heterocycles. The van der Waals surface area contributed by atoms with E-state index < -0.39 is 11.9 Å². The summed E-state index contributed by atoms with van der Waals surface area (Å²) in [4.78, 5) is 20.7. The van der Waals surface area contributed by atoms with Gasteiger partial charge in [-0.3, -0.25) is 0 Å². The van der Waals surface area contributed by atoms with Gasteiger partial charge in [0, 0.05) is 18.6 Å². The van der Waals surface area contributed by atoms with Gasteiger partial charge >= 0.3 is 11.9 Å². The average Bonchev–Trinajstić information content (AvgIpc) is 2.84. The number of carboxylic acids is 1. The van der Waals surface area contributed by atoms with Crippen LogP contribution in [0.15, 0.2) is 12.2 Å². The second-order valence-electron chi connectivity index (χ2n) is 2.58. The van der Waals surface area contributed by atoms with Crippen molar-refractivity contribution in [2.75, 3.05) is 13.2 Å².